The van der Waals surface area contributed by atoms with Gasteiger partial charge in [-0.15, -0.1) is 0 Å². The van der Waals surface area contributed by atoms with E-state index in [9.17, 15) is 14.4 Å². The highest BCUT2D eigenvalue weighted by Gasteiger charge is 2.31. The molecule has 1 aromatic carbocycles. The minimum atomic E-state index is -0.559. The monoisotopic (exact) mass is 382 g/mol. The molecule has 2 N–H and O–H groups in total. The zero-order chi connectivity index (χ0) is 17.1. The van der Waals surface area contributed by atoms with E-state index in [1.807, 2.05) is 0 Å². The van der Waals surface area contributed by atoms with Crippen molar-refractivity contribution in [2.45, 2.75) is 6.92 Å². The predicted molar refractivity (Wildman–Crippen MR) is 85.7 cm³/mol. The van der Waals surface area contributed by atoms with Gasteiger partial charge in [0.15, 0.2) is 0 Å². The first-order valence-corrected chi connectivity index (χ1v) is 7.52. The van der Waals surface area contributed by atoms with Crippen LogP contribution in [0, 0.1) is 6.92 Å². The van der Waals surface area contributed by atoms with Gasteiger partial charge in [0.05, 0.1) is 31.5 Å². The maximum absolute atomic E-state index is 12.2. The van der Waals surface area contributed by atoms with E-state index in [0.717, 1.165) is 11.0 Å². The summed E-state index contributed by atoms with van der Waals surface area (Å²) >= 11 is 3.33. The number of hydrogen-bond acceptors (Lipinski definition) is 6. The van der Waals surface area contributed by atoms with Gasteiger partial charge in [0.25, 0.3) is 11.8 Å². The number of halogens is 1. The number of nitrogens with one attached hydrogen (secondary N) is 1. The lowest BCUT2D eigenvalue weighted by Gasteiger charge is -2.16. The van der Waals surface area contributed by atoms with E-state index in [1.54, 1.807) is 19.1 Å². The molecule has 2 rings (SSSR count). The molecule has 0 spiro atoms. The normalized spacial score (nSPS) is 14.1. The molecule has 8 heteroatoms. The molecule has 0 fully saturated rings. The number of β-amino-alcohol motifs (C(OH)–C–C–N with tert-alkyl or cyclic N) is 1. The first-order chi connectivity index (χ1) is 10.9. The second-order valence-electron chi connectivity index (χ2n) is 4.79. The second-order valence-corrected chi connectivity index (χ2v) is 5.64. The van der Waals surface area contributed by atoms with E-state index in [4.69, 9.17) is 9.84 Å². The summed E-state index contributed by atoms with van der Waals surface area (Å²) in [6.07, 6.45) is 1.14. The lowest BCUT2D eigenvalue weighted by Crippen LogP contribution is -2.34. The van der Waals surface area contributed by atoms with Gasteiger partial charge in [-0.2, -0.15) is 0 Å². The predicted octanol–water partition coefficient (Wildman–Crippen LogP) is 1.20. The summed E-state index contributed by atoms with van der Waals surface area (Å²) in [5, 5.41) is 11.7. The number of imide groups is 1. The number of anilines is 1. The quantitative estimate of drug-likeness (QED) is 0.586. The molecular weight excluding hydrogens is 368 g/mol. The molecule has 0 saturated heterocycles. The standard InChI is InChI=1S/C15H15BrN2O5/c1-8-9(16)3-4-10(13(8)15(22)23-2)17-11-7-12(20)18(5-6-19)14(11)21/h3-4,7,17,19H,5-6H2,1-2H3. The number of aliphatic hydroxyl groups excluding tert-OH is 1. The van der Waals surface area contributed by atoms with Crippen LogP contribution < -0.4 is 5.32 Å². The minimum Gasteiger partial charge on any atom is -0.465 e. The van der Waals surface area contributed by atoms with Crippen molar-refractivity contribution < 1.29 is 24.2 Å². The zero-order valence-electron chi connectivity index (χ0n) is 12.6. The maximum atomic E-state index is 12.2. The summed E-state index contributed by atoms with van der Waals surface area (Å²) in [5.41, 5.74) is 1.31. The summed E-state index contributed by atoms with van der Waals surface area (Å²) < 4.78 is 5.49. The number of amides is 2. The highest BCUT2D eigenvalue weighted by atomic mass is 79.9. The summed E-state index contributed by atoms with van der Waals surface area (Å²) in [4.78, 5) is 36.8. The number of rotatable bonds is 5. The number of benzene rings is 1. The SMILES string of the molecule is COC(=O)c1c(NC2=CC(=O)N(CCO)C2=O)ccc(Br)c1C. The smallest absolute Gasteiger partial charge is 0.340 e. The van der Waals surface area contributed by atoms with Crippen molar-refractivity contribution in [3.05, 3.63) is 39.5 Å². The molecule has 0 atom stereocenters. The number of nitrogens with zero attached hydrogens (tertiary/aromatic N) is 1. The molecule has 1 heterocycles. The van der Waals surface area contributed by atoms with Crippen LogP contribution in [0.2, 0.25) is 0 Å². The summed E-state index contributed by atoms with van der Waals surface area (Å²) in [6.45, 7) is 1.33. The topological polar surface area (TPSA) is 95.9 Å². The fourth-order valence-electron chi connectivity index (χ4n) is 2.21. The van der Waals surface area contributed by atoms with Crippen LogP contribution in [0.1, 0.15) is 15.9 Å². The van der Waals surface area contributed by atoms with Crippen LogP contribution in [0.4, 0.5) is 5.69 Å². The van der Waals surface area contributed by atoms with E-state index < -0.39 is 17.8 Å². The third kappa shape index (κ3) is 3.27. The molecule has 0 unspecified atom stereocenters. The molecule has 7 nitrogen and oxygen atoms in total. The molecule has 0 aliphatic carbocycles. The summed E-state index contributed by atoms with van der Waals surface area (Å²) in [7, 11) is 1.26. The van der Waals surface area contributed by atoms with Gasteiger partial charge in [-0.3, -0.25) is 14.5 Å². The Bertz CT molecular complexity index is 714. The van der Waals surface area contributed by atoms with Gasteiger partial charge >= 0.3 is 5.97 Å². The highest BCUT2D eigenvalue weighted by molar-refractivity contribution is 9.10. The Labute approximate surface area is 141 Å². The van der Waals surface area contributed by atoms with Crippen LogP contribution in [-0.2, 0) is 14.3 Å². The van der Waals surface area contributed by atoms with Gasteiger partial charge < -0.3 is 15.2 Å². The van der Waals surface area contributed by atoms with Crippen molar-refractivity contribution in [3.63, 3.8) is 0 Å². The van der Waals surface area contributed by atoms with Gasteiger partial charge in [-0.05, 0) is 24.6 Å². The number of aliphatic hydroxyl groups is 1. The Morgan fingerprint density at radius 2 is 2.09 bits per heavy atom. The molecule has 2 amide bonds. The Balaban J connectivity index is 2.36. The van der Waals surface area contributed by atoms with Crippen molar-refractivity contribution in [2.24, 2.45) is 0 Å². The van der Waals surface area contributed by atoms with E-state index in [0.29, 0.717) is 15.7 Å². The number of methoxy groups -OCH3 is 1. The number of carbonyl (C=O) groups is 3. The van der Waals surface area contributed by atoms with E-state index >= 15 is 0 Å². The molecule has 0 saturated carbocycles. The van der Waals surface area contributed by atoms with Crippen molar-refractivity contribution in [3.8, 4) is 0 Å². The Morgan fingerprint density at radius 1 is 1.39 bits per heavy atom. The first kappa shape index (κ1) is 17.2. The number of carbonyl (C=O) groups excluding carboxylic acids is 3. The zero-order valence-corrected chi connectivity index (χ0v) is 14.1. The lowest BCUT2D eigenvalue weighted by molar-refractivity contribution is -0.137. The minimum absolute atomic E-state index is 0.0373. The Hall–Kier alpha value is -2.19. The van der Waals surface area contributed by atoms with Crippen LogP contribution in [0.3, 0.4) is 0 Å². The molecule has 0 bridgehead atoms. The van der Waals surface area contributed by atoms with E-state index in [-0.39, 0.29) is 24.4 Å². The Morgan fingerprint density at radius 3 is 2.70 bits per heavy atom. The third-order valence-corrected chi connectivity index (χ3v) is 4.25. The Kier molecular flexibility index (Phi) is 5.17. The fraction of sp³-hybridized carbons (Fsp3) is 0.267. The maximum Gasteiger partial charge on any atom is 0.340 e. The molecule has 0 radical (unpaired) electrons. The van der Waals surface area contributed by atoms with Crippen molar-refractivity contribution in [1.29, 1.82) is 0 Å². The van der Waals surface area contributed by atoms with Crippen LogP contribution in [0.5, 0.6) is 0 Å². The molecule has 23 heavy (non-hydrogen) atoms. The second kappa shape index (κ2) is 6.93. The average molecular weight is 383 g/mol. The van der Waals surface area contributed by atoms with E-state index in [1.165, 1.54) is 7.11 Å². The first-order valence-electron chi connectivity index (χ1n) is 6.73. The summed E-state index contributed by atoms with van der Waals surface area (Å²) in [5.74, 6) is -1.63. The summed E-state index contributed by atoms with van der Waals surface area (Å²) in [6, 6.07) is 3.33. The van der Waals surface area contributed by atoms with Crippen LogP contribution in [-0.4, -0.2) is 48.1 Å². The van der Waals surface area contributed by atoms with Gasteiger partial charge in [-0.1, -0.05) is 15.9 Å². The molecule has 1 aliphatic rings. The lowest BCUT2D eigenvalue weighted by atomic mass is 10.1. The molecule has 0 aromatic heterocycles. The van der Waals surface area contributed by atoms with Gasteiger partial charge in [0, 0.05) is 10.5 Å². The van der Waals surface area contributed by atoms with Crippen molar-refractivity contribution in [1.82, 2.24) is 4.90 Å². The molecule has 1 aromatic rings. The van der Waals surface area contributed by atoms with Gasteiger partial charge in [0.2, 0.25) is 0 Å². The fourth-order valence-corrected chi connectivity index (χ4v) is 2.54. The number of hydrogen-bond donors (Lipinski definition) is 2. The third-order valence-electron chi connectivity index (χ3n) is 3.39. The van der Waals surface area contributed by atoms with E-state index in [2.05, 4.69) is 21.2 Å². The molecule has 1 aliphatic heterocycles. The number of esters is 1. The molecular formula is C15H15BrN2O5. The highest BCUT2D eigenvalue weighted by Crippen LogP contribution is 2.29. The van der Waals surface area contributed by atoms with Crippen LogP contribution in [0.25, 0.3) is 0 Å². The molecule has 122 valence electrons. The van der Waals surface area contributed by atoms with Crippen molar-refractivity contribution in [2.75, 3.05) is 25.6 Å². The number of ether oxygens (including phenoxy) is 1. The van der Waals surface area contributed by atoms with Crippen molar-refractivity contribution >= 4 is 39.4 Å². The van der Waals surface area contributed by atoms with Gasteiger partial charge in [-0.25, -0.2) is 4.79 Å². The van der Waals surface area contributed by atoms with Gasteiger partial charge in [0.1, 0.15) is 5.70 Å². The van der Waals surface area contributed by atoms with Crippen LogP contribution in [0.15, 0.2) is 28.4 Å². The van der Waals surface area contributed by atoms with Crippen LogP contribution >= 0.6 is 15.9 Å². The largest absolute Gasteiger partial charge is 0.465 e. The average Bonchev–Trinajstić information content (AvgIpc) is 2.78.